The number of ether oxygens (including phenoxy) is 4. The number of ketones is 5. The lowest BCUT2D eigenvalue weighted by Gasteiger charge is -2.28. The lowest BCUT2D eigenvalue weighted by atomic mass is 10.0. The van der Waals surface area contributed by atoms with Gasteiger partial charge in [0.25, 0.3) is 5.91 Å². The van der Waals surface area contributed by atoms with E-state index < -0.39 is 12.1 Å². The van der Waals surface area contributed by atoms with E-state index in [1.54, 1.807) is 48.5 Å². The molecule has 0 saturated carbocycles. The first kappa shape index (κ1) is 74.7. The summed E-state index contributed by atoms with van der Waals surface area (Å²) in [7, 11) is 0. The summed E-state index contributed by atoms with van der Waals surface area (Å²) >= 11 is 0. The summed E-state index contributed by atoms with van der Waals surface area (Å²) in [6.45, 7) is 11.4. The molecule has 0 bridgehead atoms. The highest BCUT2D eigenvalue weighted by molar-refractivity contribution is 6.17. The highest BCUT2D eigenvalue weighted by atomic mass is 16.6. The number of β-lactam (4-membered cyclic amide) rings is 1. The molecule has 1 atom stereocenters. The number of benzene rings is 3. The van der Waals surface area contributed by atoms with Crippen molar-refractivity contribution in [2.75, 3.05) is 69.6 Å². The Kier molecular flexibility index (Phi) is 38.1. The van der Waals surface area contributed by atoms with Crippen LogP contribution in [-0.2, 0) is 65.4 Å². The van der Waals surface area contributed by atoms with Crippen molar-refractivity contribution >= 4 is 76.0 Å². The summed E-state index contributed by atoms with van der Waals surface area (Å²) in [6.07, 6.45) is 13.5. The molecular formula is C66H92N6O16. The number of unbranched alkanes of at least 4 members (excludes halogenated alkanes) is 1. The van der Waals surface area contributed by atoms with E-state index in [9.17, 15) is 57.8 Å². The molecule has 3 aromatic carbocycles. The molecule has 0 spiro atoms. The van der Waals surface area contributed by atoms with E-state index in [4.69, 9.17) is 18.9 Å². The number of nitrogens with one attached hydrogen (secondary N) is 2. The van der Waals surface area contributed by atoms with Gasteiger partial charge in [0, 0.05) is 95.2 Å². The summed E-state index contributed by atoms with van der Waals surface area (Å²) in [6, 6.07) is 19.7. The third-order valence-corrected chi connectivity index (χ3v) is 13.8. The normalized spacial score (nSPS) is 12.7. The van der Waals surface area contributed by atoms with E-state index in [2.05, 4.69) is 20.9 Å². The second-order valence-corrected chi connectivity index (χ2v) is 21.4. The number of carbonyl (C=O) groups excluding carboxylic acids is 11. The van der Waals surface area contributed by atoms with Crippen molar-refractivity contribution in [2.24, 2.45) is 10.2 Å². The Hall–Kier alpha value is -7.53. The van der Waals surface area contributed by atoms with Gasteiger partial charge in [0.05, 0.1) is 51.2 Å². The first-order valence-electron chi connectivity index (χ1n) is 31.0. The van der Waals surface area contributed by atoms with Crippen LogP contribution in [0.15, 0.2) is 83.0 Å². The van der Waals surface area contributed by atoms with E-state index in [1.807, 2.05) is 45.0 Å². The number of aryl methyl sites for hydroxylation is 2. The molecule has 88 heavy (non-hydrogen) atoms. The van der Waals surface area contributed by atoms with Crippen LogP contribution in [0.1, 0.15) is 184 Å². The van der Waals surface area contributed by atoms with E-state index in [0.717, 1.165) is 61.0 Å². The van der Waals surface area contributed by atoms with Gasteiger partial charge in [-0.3, -0.25) is 48.1 Å². The van der Waals surface area contributed by atoms with Gasteiger partial charge < -0.3 is 34.7 Å². The molecule has 8 amide bonds. The highest BCUT2D eigenvalue weighted by Crippen LogP contribution is 2.24. The Balaban J connectivity index is 0.000000353. The Labute approximate surface area is 517 Å². The molecule has 482 valence electrons. The number of urea groups is 2. The van der Waals surface area contributed by atoms with E-state index >= 15 is 0 Å². The Morgan fingerprint density at radius 1 is 0.545 bits per heavy atom. The van der Waals surface area contributed by atoms with Crippen molar-refractivity contribution in [3.63, 3.8) is 0 Å². The molecule has 22 heteroatoms. The maximum absolute atomic E-state index is 12.1. The Morgan fingerprint density at radius 2 is 1.09 bits per heavy atom. The fraction of sp³-hybridized carbons (Fsp3) is 0.561. The topological polar surface area (TPSA) is 300 Å². The minimum Gasteiger partial charge on any atom is -0.491 e. The first-order chi connectivity index (χ1) is 42.4. The van der Waals surface area contributed by atoms with E-state index in [1.165, 1.54) is 11.8 Å². The molecule has 2 aliphatic heterocycles. The van der Waals surface area contributed by atoms with Gasteiger partial charge in [0.1, 0.15) is 41.3 Å². The van der Waals surface area contributed by atoms with Gasteiger partial charge in [-0.1, -0.05) is 54.8 Å². The van der Waals surface area contributed by atoms with Gasteiger partial charge in [0.15, 0.2) is 0 Å². The number of imide groups is 2. The molecule has 5 rings (SSSR count). The monoisotopic (exact) mass is 1220 g/mol. The molecular weight excluding hydrogens is 1130 g/mol. The maximum Gasteiger partial charge on any atom is 0.375 e. The van der Waals surface area contributed by atoms with Crippen molar-refractivity contribution < 1.29 is 76.8 Å². The van der Waals surface area contributed by atoms with Crippen LogP contribution in [0.3, 0.4) is 0 Å². The summed E-state index contributed by atoms with van der Waals surface area (Å²) in [5.41, 5.74) is 3.70. The smallest absolute Gasteiger partial charge is 0.375 e. The highest BCUT2D eigenvalue weighted by Gasteiger charge is 2.31. The number of aliphatic hydroxyl groups excluding tert-OH is 1. The zero-order valence-electron chi connectivity index (χ0n) is 52.0. The minimum absolute atomic E-state index is 0.00950. The summed E-state index contributed by atoms with van der Waals surface area (Å²) in [5.74, 6) is 0.616. The minimum atomic E-state index is -0.714. The fourth-order valence-corrected chi connectivity index (χ4v) is 8.92. The van der Waals surface area contributed by atoms with Crippen LogP contribution in [0.4, 0.5) is 21.0 Å². The molecule has 2 heterocycles. The first-order valence-corrected chi connectivity index (χ1v) is 31.0. The third-order valence-electron chi connectivity index (χ3n) is 13.8. The van der Waals surface area contributed by atoms with Gasteiger partial charge in [-0.05, 0) is 144 Å². The zero-order valence-corrected chi connectivity index (χ0v) is 52.0. The van der Waals surface area contributed by atoms with Crippen LogP contribution in [0.5, 0.6) is 5.75 Å². The molecule has 1 saturated heterocycles. The van der Waals surface area contributed by atoms with E-state index in [-0.39, 0.29) is 65.1 Å². The molecule has 0 aliphatic carbocycles. The Bertz CT molecular complexity index is 2680. The number of azo groups is 1. The van der Waals surface area contributed by atoms with Crippen LogP contribution in [0, 0.1) is 0 Å². The van der Waals surface area contributed by atoms with Crippen molar-refractivity contribution in [3.8, 4) is 5.75 Å². The average molecular weight is 1230 g/mol. The molecule has 0 radical (unpaired) electrons. The number of anilines is 2. The van der Waals surface area contributed by atoms with Gasteiger partial charge in [-0.2, -0.15) is 0 Å². The number of hydrogen-bond acceptors (Lipinski definition) is 16. The second kappa shape index (κ2) is 44.8. The number of rotatable bonds is 44. The average Bonchev–Trinajstić information content (AvgIpc) is 3.27. The van der Waals surface area contributed by atoms with Crippen LogP contribution >= 0.6 is 0 Å². The molecule has 0 aromatic heterocycles. The van der Waals surface area contributed by atoms with Crippen LogP contribution < -0.4 is 20.3 Å². The number of likely N-dealkylation sites (tertiary alicyclic amines) is 1. The van der Waals surface area contributed by atoms with Crippen molar-refractivity contribution in [2.45, 2.75) is 181 Å². The van der Waals surface area contributed by atoms with Crippen LogP contribution in [0.25, 0.3) is 0 Å². The third kappa shape index (κ3) is 33.0. The lowest BCUT2D eigenvalue weighted by Crippen LogP contribution is -2.47. The molecule has 2 aliphatic rings. The predicted octanol–water partition coefficient (Wildman–Crippen LogP) is 10.6. The van der Waals surface area contributed by atoms with Gasteiger partial charge >= 0.3 is 12.1 Å². The number of aliphatic hydroxyl groups is 1. The zero-order chi connectivity index (χ0) is 64.3. The second-order valence-electron chi connectivity index (χ2n) is 21.4. The van der Waals surface area contributed by atoms with Crippen LogP contribution in [0.2, 0.25) is 0 Å². The fourth-order valence-electron chi connectivity index (χ4n) is 8.92. The van der Waals surface area contributed by atoms with Crippen molar-refractivity contribution in [1.82, 2.24) is 10.2 Å². The number of Topliss-reactive ketones (excluding diaryl/α,β-unsaturated/α-hetero) is 5. The number of amides is 8. The SMILES string of the molecule is CCCC(=O)CCCC(=O)CCCCc1ccc(C(=O)N2CCC2=O)cc1.CCCC(O)CCCC(=O)CCCOCCOCCOCCOc1ccc(N2C(=O)N=NC2=O)cc1.CCNC(=O)CCCC(=O)Nc1ccc(CCC(=O)CC(C)=O)cc1. The standard InChI is InChI=1S/C25H37N3O8.C22H29NO4.C19H26N2O4/c1-2-5-21(29)6-3-7-22(30)8-4-13-33-14-15-34-16-17-35-18-19-36-23-11-9-20(10-12-23)28-24(31)26-27-25(28)32;1-2-6-19(24)9-5-10-20(25)8-4-3-7-17-11-13-18(14-12-17)22(27)23-16-15-21(23)26;1-3-20-18(24)5-4-6-19(25)21-16-10-7-15(8-11-16)9-12-17(23)13-14(2)22/h9-12,21,29H,2-8,13-19H2,1H3;11-14H,2-10,15-16H2,1H3;7-8,10-11H,3-6,9,12-13H2,1-2H3,(H,20,24)(H,21,25). The van der Waals surface area contributed by atoms with Gasteiger partial charge in [-0.25, -0.2) is 14.5 Å². The molecule has 1 unspecified atom stereocenters. The number of hydrogen-bond donors (Lipinski definition) is 3. The van der Waals surface area contributed by atoms with Crippen LogP contribution in [-0.4, -0.2) is 140 Å². The molecule has 3 aromatic rings. The summed E-state index contributed by atoms with van der Waals surface area (Å²) in [5, 5.41) is 21.6. The summed E-state index contributed by atoms with van der Waals surface area (Å²) < 4.78 is 21.9. The predicted molar refractivity (Wildman–Crippen MR) is 331 cm³/mol. The molecule has 1 fully saturated rings. The van der Waals surface area contributed by atoms with Crippen molar-refractivity contribution in [1.29, 1.82) is 0 Å². The van der Waals surface area contributed by atoms with Gasteiger partial charge in [-0.15, -0.1) is 0 Å². The number of carbonyl (C=O) groups is 11. The number of nitrogens with zero attached hydrogens (tertiary/aromatic N) is 4. The van der Waals surface area contributed by atoms with Gasteiger partial charge in [0.2, 0.25) is 17.7 Å². The van der Waals surface area contributed by atoms with E-state index in [0.29, 0.717) is 178 Å². The Morgan fingerprint density at radius 3 is 1.67 bits per heavy atom. The lowest BCUT2D eigenvalue weighted by molar-refractivity contribution is -0.136. The molecule has 22 nitrogen and oxygen atoms in total. The quantitative estimate of drug-likeness (QED) is 0.0205. The largest absolute Gasteiger partial charge is 0.491 e. The maximum atomic E-state index is 12.1. The summed E-state index contributed by atoms with van der Waals surface area (Å²) in [4.78, 5) is 129. The molecule has 3 N–H and O–H groups in total. The van der Waals surface area contributed by atoms with Crippen molar-refractivity contribution in [3.05, 3.63) is 89.5 Å².